The third-order valence-electron chi connectivity index (χ3n) is 3.26. The van der Waals surface area contributed by atoms with Gasteiger partial charge in [-0.1, -0.05) is 18.2 Å². The van der Waals surface area contributed by atoms with Crippen molar-refractivity contribution in [1.82, 2.24) is 0 Å². The number of hydrogen-bond acceptors (Lipinski definition) is 2. The average Bonchev–Trinajstić information content (AvgIpc) is 2.90. The van der Waals surface area contributed by atoms with Crippen LogP contribution in [0.4, 0.5) is 0 Å². The average molecular weight is 254 g/mol. The van der Waals surface area contributed by atoms with Gasteiger partial charge in [-0.05, 0) is 36.1 Å². The molecule has 82 valence electrons. The molecule has 0 radical (unpaired) electrons. The zero-order chi connectivity index (χ0) is 11.4. The molecule has 2 heteroatoms. The van der Waals surface area contributed by atoms with Gasteiger partial charge in [0.15, 0.2) is 0 Å². The quantitative estimate of drug-likeness (QED) is 0.384. The smallest absolute Gasteiger partial charge is 0.0362 e. The molecule has 0 saturated carbocycles. The summed E-state index contributed by atoms with van der Waals surface area (Å²) in [7, 11) is 0. The van der Waals surface area contributed by atoms with Crippen LogP contribution < -0.4 is 0 Å². The van der Waals surface area contributed by atoms with Crippen LogP contribution >= 0.6 is 22.7 Å². The molecule has 0 spiro atoms. The fourth-order valence-corrected chi connectivity index (χ4v) is 4.56. The fraction of sp³-hybridized carbons (Fsp3) is 0.0667. The van der Waals surface area contributed by atoms with Gasteiger partial charge < -0.3 is 0 Å². The lowest BCUT2D eigenvalue weighted by Crippen LogP contribution is -1.71. The van der Waals surface area contributed by atoms with E-state index in [0.29, 0.717) is 0 Å². The molecule has 2 aromatic heterocycles. The van der Waals surface area contributed by atoms with Crippen molar-refractivity contribution in [3.8, 4) is 0 Å². The van der Waals surface area contributed by atoms with Crippen molar-refractivity contribution in [2.75, 3.05) is 0 Å². The normalized spacial score (nSPS) is 11.8. The van der Waals surface area contributed by atoms with Crippen LogP contribution in [-0.2, 0) is 0 Å². The predicted molar refractivity (Wildman–Crippen MR) is 79.5 cm³/mol. The highest BCUT2D eigenvalue weighted by atomic mass is 32.1. The van der Waals surface area contributed by atoms with Crippen LogP contribution in [-0.4, -0.2) is 0 Å². The second-order valence-electron chi connectivity index (χ2n) is 4.33. The first kappa shape index (κ1) is 9.63. The van der Waals surface area contributed by atoms with Gasteiger partial charge >= 0.3 is 0 Å². The standard InChI is InChI=1S/C15H10S2/c1-9-8-16-12-6-7-13-15(14(9)12)10-4-2-3-5-11(10)17-13/h2-8H,1H3. The minimum atomic E-state index is 1.39. The second kappa shape index (κ2) is 3.31. The highest BCUT2D eigenvalue weighted by molar-refractivity contribution is 7.26. The molecular formula is C15H10S2. The zero-order valence-electron chi connectivity index (χ0n) is 9.36. The molecule has 2 heterocycles. The van der Waals surface area contributed by atoms with Crippen LogP contribution in [0.15, 0.2) is 41.8 Å². The largest absolute Gasteiger partial charge is 0.144 e. The van der Waals surface area contributed by atoms with Crippen LogP contribution in [0.25, 0.3) is 30.3 Å². The summed E-state index contributed by atoms with van der Waals surface area (Å²) in [6.45, 7) is 2.21. The molecule has 2 aromatic carbocycles. The van der Waals surface area contributed by atoms with E-state index >= 15 is 0 Å². The maximum absolute atomic E-state index is 2.26. The maximum atomic E-state index is 2.26. The van der Waals surface area contributed by atoms with E-state index in [1.54, 1.807) is 0 Å². The number of hydrogen-bond donors (Lipinski definition) is 0. The van der Waals surface area contributed by atoms with Gasteiger partial charge in [0, 0.05) is 30.3 Å². The summed E-state index contributed by atoms with van der Waals surface area (Å²) in [5.41, 5.74) is 1.40. The highest BCUT2D eigenvalue weighted by Crippen LogP contribution is 2.41. The molecule has 0 bridgehead atoms. The van der Waals surface area contributed by atoms with E-state index in [2.05, 4.69) is 48.7 Å². The van der Waals surface area contributed by atoms with Crippen molar-refractivity contribution in [3.63, 3.8) is 0 Å². The first-order valence-corrected chi connectivity index (χ1v) is 7.32. The van der Waals surface area contributed by atoms with E-state index in [0.717, 1.165) is 0 Å². The van der Waals surface area contributed by atoms with Gasteiger partial charge in [-0.3, -0.25) is 0 Å². The molecule has 0 aliphatic heterocycles. The van der Waals surface area contributed by atoms with E-state index in [4.69, 9.17) is 0 Å². The van der Waals surface area contributed by atoms with Crippen LogP contribution in [0.3, 0.4) is 0 Å². The number of aryl methyl sites for hydroxylation is 1. The van der Waals surface area contributed by atoms with Crippen molar-refractivity contribution < 1.29 is 0 Å². The minimum Gasteiger partial charge on any atom is -0.144 e. The van der Waals surface area contributed by atoms with E-state index in [9.17, 15) is 0 Å². The Morgan fingerprint density at radius 2 is 1.65 bits per heavy atom. The summed E-state index contributed by atoms with van der Waals surface area (Å²) in [6.07, 6.45) is 0. The molecule has 0 aliphatic carbocycles. The van der Waals surface area contributed by atoms with Crippen LogP contribution in [0.2, 0.25) is 0 Å². The van der Waals surface area contributed by atoms with Gasteiger partial charge in [0.1, 0.15) is 0 Å². The fourth-order valence-electron chi connectivity index (χ4n) is 2.50. The Balaban J connectivity index is 2.42. The Hall–Kier alpha value is -1.38. The van der Waals surface area contributed by atoms with Crippen molar-refractivity contribution in [3.05, 3.63) is 47.3 Å². The molecule has 0 atom stereocenters. The number of rotatable bonds is 0. The summed E-state index contributed by atoms with van der Waals surface area (Å²) in [5.74, 6) is 0. The second-order valence-corrected chi connectivity index (χ2v) is 6.32. The first-order valence-electron chi connectivity index (χ1n) is 5.62. The van der Waals surface area contributed by atoms with Crippen molar-refractivity contribution in [1.29, 1.82) is 0 Å². The molecule has 0 amide bonds. The molecular weight excluding hydrogens is 244 g/mol. The third kappa shape index (κ3) is 1.22. The van der Waals surface area contributed by atoms with Gasteiger partial charge in [0.2, 0.25) is 0 Å². The van der Waals surface area contributed by atoms with Crippen LogP contribution in [0.5, 0.6) is 0 Å². The topological polar surface area (TPSA) is 0 Å². The lowest BCUT2D eigenvalue weighted by Gasteiger charge is -1.96. The first-order chi connectivity index (χ1) is 8.34. The van der Waals surface area contributed by atoms with E-state index in [-0.39, 0.29) is 0 Å². The summed E-state index contributed by atoms with van der Waals surface area (Å²) in [4.78, 5) is 0. The molecule has 0 unspecified atom stereocenters. The number of thiophene rings is 2. The molecule has 0 fully saturated rings. The van der Waals surface area contributed by atoms with Gasteiger partial charge in [0.05, 0.1) is 0 Å². The molecule has 4 rings (SSSR count). The summed E-state index contributed by atoms with van der Waals surface area (Å²) < 4.78 is 4.19. The summed E-state index contributed by atoms with van der Waals surface area (Å²) >= 11 is 3.74. The lowest BCUT2D eigenvalue weighted by molar-refractivity contribution is 1.61. The molecule has 17 heavy (non-hydrogen) atoms. The van der Waals surface area contributed by atoms with Gasteiger partial charge in [-0.2, -0.15) is 0 Å². The molecule has 0 N–H and O–H groups in total. The molecule has 0 nitrogen and oxygen atoms in total. The molecule has 0 saturated heterocycles. The summed E-state index contributed by atoms with van der Waals surface area (Å²) in [6, 6.07) is 13.2. The Kier molecular flexibility index (Phi) is 1.88. The SMILES string of the molecule is Cc1csc2ccc3sc4ccccc4c3c12. The minimum absolute atomic E-state index is 1.39. The summed E-state index contributed by atoms with van der Waals surface area (Å²) in [5, 5.41) is 6.56. The third-order valence-corrected chi connectivity index (χ3v) is 5.46. The Morgan fingerprint density at radius 3 is 2.59 bits per heavy atom. The van der Waals surface area contributed by atoms with Crippen molar-refractivity contribution >= 4 is 52.9 Å². The molecule has 0 aliphatic rings. The molecule has 4 aromatic rings. The predicted octanol–water partition coefficient (Wildman–Crippen LogP) is 5.58. The van der Waals surface area contributed by atoms with Crippen LogP contribution in [0.1, 0.15) is 5.56 Å². The van der Waals surface area contributed by atoms with E-state index in [1.165, 1.54) is 35.8 Å². The van der Waals surface area contributed by atoms with Gasteiger partial charge in [-0.15, -0.1) is 22.7 Å². The van der Waals surface area contributed by atoms with Gasteiger partial charge in [0.25, 0.3) is 0 Å². The van der Waals surface area contributed by atoms with Crippen molar-refractivity contribution in [2.24, 2.45) is 0 Å². The van der Waals surface area contributed by atoms with Crippen molar-refractivity contribution in [2.45, 2.75) is 6.92 Å². The number of fused-ring (bicyclic) bond motifs is 5. The Morgan fingerprint density at radius 1 is 0.824 bits per heavy atom. The number of benzene rings is 2. The maximum Gasteiger partial charge on any atom is 0.0362 e. The van der Waals surface area contributed by atoms with E-state index < -0.39 is 0 Å². The Labute approximate surface area is 107 Å². The van der Waals surface area contributed by atoms with Gasteiger partial charge in [-0.25, -0.2) is 0 Å². The zero-order valence-corrected chi connectivity index (χ0v) is 11.0. The van der Waals surface area contributed by atoms with E-state index in [1.807, 2.05) is 22.7 Å². The Bertz CT molecular complexity index is 849. The highest BCUT2D eigenvalue weighted by Gasteiger charge is 2.10. The monoisotopic (exact) mass is 254 g/mol. The van der Waals surface area contributed by atoms with Crippen LogP contribution in [0, 0.1) is 6.92 Å². The lowest BCUT2D eigenvalue weighted by atomic mass is 10.1.